The lowest BCUT2D eigenvalue weighted by molar-refractivity contribution is -0.118. The van der Waals surface area contributed by atoms with E-state index in [0.29, 0.717) is 29.3 Å². The van der Waals surface area contributed by atoms with Crippen molar-refractivity contribution >= 4 is 35.5 Å². The first-order valence-corrected chi connectivity index (χ1v) is 8.98. The highest BCUT2D eigenvalue weighted by Crippen LogP contribution is 2.32. The van der Waals surface area contributed by atoms with Gasteiger partial charge in [0, 0.05) is 36.3 Å². The zero-order chi connectivity index (χ0) is 19.4. The number of halogens is 1. The van der Waals surface area contributed by atoms with Gasteiger partial charge in [-0.15, -0.1) is 12.4 Å². The molecule has 1 amide bonds. The molecule has 28 heavy (non-hydrogen) atoms. The number of Topliss-reactive ketones (excluding diaryl/α,β-unsaturated/α-hetero) is 1. The highest BCUT2D eigenvalue weighted by Gasteiger charge is 2.24. The molecule has 0 saturated carbocycles. The van der Waals surface area contributed by atoms with Crippen LogP contribution in [0.25, 0.3) is 0 Å². The summed E-state index contributed by atoms with van der Waals surface area (Å²) in [6.45, 7) is 0.653. The Morgan fingerprint density at radius 2 is 1.82 bits per heavy atom. The van der Waals surface area contributed by atoms with E-state index in [1.165, 1.54) is 7.11 Å². The number of benzene rings is 2. The fourth-order valence-electron chi connectivity index (χ4n) is 3.42. The van der Waals surface area contributed by atoms with Crippen LogP contribution < -0.4 is 20.1 Å². The Morgan fingerprint density at radius 3 is 2.54 bits per heavy atom. The van der Waals surface area contributed by atoms with E-state index in [2.05, 4.69) is 0 Å². The lowest BCUT2D eigenvalue weighted by atomic mass is 9.99. The molecule has 2 aromatic rings. The molecule has 0 saturated heterocycles. The fraction of sp³-hybridized carbons (Fsp3) is 0.333. The SMILES string of the molecule is COc1ccc(C(=O)CCC(=O)N2CCCc3c(N)cccc32)cc1OC.Cl. The van der Waals surface area contributed by atoms with Crippen molar-refractivity contribution in [2.75, 3.05) is 31.4 Å². The maximum atomic E-state index is 12.7. The summed E-state index contributed by atoms with van der Waals surface area (Å²) in [5.41, 5.74) is 9.14. The molecule has 1 heterocycles. The number of nitrogens with two attached hydrogens (primary N) is 1. The largest absolute Gasteiger partial charge is 0.493 e. The van der Waals surface area contributed by atoms with E-state index in [9.17, 15) is 9.59 Å². The molecule has 1 aliphatic rings. The minimum absolute atomic E-state index is 0. The third-order valence-electron chi connectivity index (χ3n) is 4.86. The van der Waals surface area contributed by atoms with Crippen LogP contribution in [0.3, 0.4) is 0 Å². The van der Waals surface area contributed by atoms with E-state index in [-0.39, 0.29) is 36.9 Å². The highest BCUT2D eigenvalue weighted by atomic mass is 35.5. The fourth-order valence-corrected chi connectivity index (χ4v) is 3.42. The van der Waals surface area contributed by atoms with Crippen molar-refractivity contribution in [3.8, 4) is 11.5 Å². The van der Waals surface area contributed by atoms with E-state index in [4.69, 9.17) is 15.2 Å². The van der Waals surface area contributed by atoms with Crippen molar-refractivity contribution in [3.63, 3.8) is 0 Å². The molecule has 3 rings (SSSR count). The summed E-state index contributed by atoms with van der Waals surface area (Å²) in [7, 11) is 3.07. The third-order valence-corrected chi connectivity index (χ3v) is 4.86. The minimum atomic E-state index is -0.103. The van der Waals surface area contributed by atoms with Gasteiger partial charge in [-0.2, -0.15) is 0 Å². The number of carbonyl (C=O) groups is 2. The molecule has 2 aromatic carbocycles. The Labute approximate surface area is 171 Å². The van der Waals surface area contributed by atoms with Gasteiger partial charge in [-0.25, -0.2) is 0 Å². The smallest absolute Gasteiger partial charge is 0.227 e. The van der Waals surface area contributed by atoms with Gasteiger partial charge >= 0.3 is 0 Å². The van der Waals surface area contributed by atoms with Crippen molar-refractivity contribution in [1.29, 1.82) is 0 Å². The third kappa shape index (κ3) is 4.39. The van der Waals surface area contributed by atoms with Gasteiger partial charge in [0.2, 0.25) is 5.91 Å². The van der Waals surface area contributed by atoms with Gasteiger partial charge in [0.25, 0.3) is 0 Å². The van der Waals surface area contributed by atoms with Crippen LogP contribution in [-0.4, -0.2) is 32.5 Å². The predicted molar refractivity (Wildman–Crippen MR) is 112 cm³/mol. The first kappa shape index (κ1) is 21.6. The second kappa shape index (κ2) is 9.46. The average molecular weight is 405 g/mol. The van der Waals surface area contributed by atoms with Crippen molar-refractivity contribution in [1.82, 2.24) is 0 Å². The van der Waals surface area contributed by atoms with E-state index >= 15 is 0 Å². The standard InChI is InChI=1S/C21H24N2O4.ClH/c1-26-19-10-8-14(13-20(19)27-2)18(24)9-11-21(25)23-12-4-5-15-16(22)6-3-7-17(15)23;/h3,6-8,10,13H,4-5,9,11-12,22H2,1-2H3;1H. The van der Waals surface area contributed by atoms with Crippen LogP contribution in [0.15, 0.2) is 36.4 Å². The molecule has 0 radical (unpaired) electrons. The highest BCUT2D eigenvalue weighted by molar-refractivity contribution is 6.01. The number of nitrogens with zero attached hydrogens (tertiary/aromatic N) is 1. The number of amides is 1. The van der Waals surface area contributed by atoms with E-state index in [1.807, 2.05) is 18.2 Å². The number of fused-ring (bicyclic) bond motifs is 1. The lowest BCUT2D eigenvalue weighted by Crippen LogP contribution is -2.35. The molecule has 0 atom stereocenters. The number of methoxy groups -OCH3 is 2. The summed E-state index contributed by atoms with van der Waals surface area (Å²) < 4.78 is 10.4. The molecule has 1 aliphatic heterocycles. The Bertz CT molecular complexity index is 869. The summed E-state index contributed by atoms with van der Waals surface area (Å²) >= 11 is 0. The van der Waals surface area contributed by atoms with Crippen molar-refractivity contribution in [3.05, 3.63) is 47.5 Å². The zero-order valence-corrected chi connectivity index (χ0v) is 16.9. The minimum Gasteiger partial charge on any atom is -0.493 e. The first-order valence-electron chi connectivity index (χ1n) is 8.98. The Kier molecular flexibility index (Phi) is 7.29. The number of ketones is 1. The second-order valence-corrected chi connectivity index (χ2v) is 6.49. The molecular weight excluding hydrogens is 380 g/mol. The summed E-state index contributed by atoms with van der Waals surface area (Å²) in [6, 6.07) is 10.6. The van der Waals surface area contributed by atoms with Crippen LogP contribution >= 0.6 is 12.4 Å². The number of nitrogen functional groups attached to an aromatic ring is 1. The molecule has 7 heteroatoms. The number of anilines is 2. The zero-order valence-electron chi connectivity index (χ0n) is 16.1. The van der Waals surface area contributed by atoms with E-state index in [0.717, 1.165) is 24.1 Å². The number of hydrogen-bond donors (Lipinski definition) is 1. The van der Waals surface area contributed by atoms with Gasteiger partial charge in [-0.05, 0) is 48.7 Å². The van der Waals surface area contributed by atoms with Gasteiger partial charge in [0.05, 0.1) is 14.2 Å². The molecule has 150 valence electrons. The van der Waals surface area contributed by atoms with Gasteiger partial charge in [0.1, 0.15) is 0 Å². The van der Waals surface area contributed by atoms with Crippen LogP contribution in [-0.2, 0) is 11.2 Å². The average Bonchev–Trinajstić information content (AvgIpc) is 2.71. The van der Waals surface area contributed by atoms with Crippen LogP contribution in [0.4, 0.5) is 11.4 Å². The predicted octanol–water partition coefficient (Wildman–Crippen LogP) is 3.65. The molecule has 0 fully saturated rings. The molecule has 0 aromatic heterocycles. The van der Waals surface area contributed by atoms with Crippen molar-refractivity contribution in [2.45, 2.75) is 25.7 Å². The van der Waals surface area contributed by atoms with Crippen LogP contribution in [0.1, 0.15) is 35.2 Å². The maximum absolute atomic E-state index is 12.7. The quantitative estimate of drug-likeness (QED) is 0.587. The monoisotopic (exact) mass is 404 g/mol. The maximum Gasteiger partial charge on any atom is 0.227 e. The van der Waals surface area contributed by atoms with Crippen molar-refractivity contribution < 1.29 is 19.1 Å². The van der Waals surface area contributed by atoms with Crippen molar-refractivity contribution in [2.24, 2.45) is 0 Å². The molecule has 2 N–H and O–H groups in total. The number of hydrogen-bond acceptors (Lipinski definition) is 5. The summed E-state index contributed by atoms with van der Waals surface area (Å²) in [5.74, 6) is 0.896. The topological polar surface area (TPSA) is 81.9 Å². The molecule has 0 bridgehead atoms. The lowest BCUT2D eigenvalue weighted by Gasteiger charge is -2.30. The first-order chi connectivity index (χ1) is 13.0. The molecule has 0 unspecified atom stereocenters. The summed E-state index contributed by atoms with van der Waals surface area (Å²) in [4.78, 5) is 27.0. The van der Waals surface area contributed by atoms with E-state index < -0.39 is 0 Å². The van der Waals surface area contributed by atoms with Crippen LogP contribution in [0.2, 0.25) is 0 Å². The molecule has 6 nitrogen and oxygen atoms in total. The Morgan fingerprint density at radius 1 is 1.07 bits per heavy atom. The number of ether oxygens (including phenoxy) is 2. The van der Waals surface area contributed by atoms with Gasteiger partial charge in [-0.3, -0.25) is 9.59 Å². The summed E-state index contributed by atoms with van der Waals surface area (Å²) in [6.07, 6.45) is 2.04. The number of rotatable bonds is 6. The second-order valence-electron chi connectivity index (χ2n) is 6.49. The Hall–Kier alpha value is -2.73. The normalized spacial score (nSPS) is 12.6. The van der Waals surface area contributed by atoms with Gasteiger partial charge in [-0.1, -0.05) is 6.07 Å². The Balaban J connectivity index is 0.00000280. The van der Waals surface area contributed by atoms with Crippen LogP contribution in [0, 0.1) is 0 Å². The molecule has 0 aliphatic carbocycles. The summed E-state index contributed by atoms with van der Waals surface area (Å²) in [5, 5.41) is 0. The van der Waals surface area contributed by atoms with Crippen LogP contribution in [0.5, 0.6) is 11.5 Å². The van der Waals surface area contributed by atoms with E-state index in [1.54, 1.807) is 30.2 Å². The van der Waals surface area contributed by atoms with Gasteiger partial charge in [0.15, 0.2) is 17.3 Å². The molecular formula is C21H25ClN2O4. The molecule has 0 spiro atoms. The van der Waals surface area contributed by atoms with Gasteiger partial charge < -0.3 is 20.1 Å². The number of carbonyl (C=O) groups excluding carboxylic acids is 2.